The summed E-state index contributed by atoms with van der Waals surface area (Å²) in [6, 6.07) is 0.487. The van der Waals surface area contributed by atoms with Gasteiger partial charge in [-0.2, -0.15) is 0 Å². The van der Waals surface area contributed by atoms with Gasteiger partial charge in [-0.3, -0.25) is 4.79 Å². The Bertz CT molecular complexity index is 385. The molecule has 3 aliphatic rings. The predicted molar refractivity (Wildman–Crippen MR) is 109 cm³/mol. The van der Waals surface area contributed by atoms with E-state index in [9.17, 15) is 4.79 Å². The van der Waals surface area contributed by atoms with Crippen molar-refractivity contribution in [1.82, 2.24) is 15.1 Å². The van der Waals surface area contributed by atoms with E-state index in [2.05, 4.69) is 22.0 Å². The summed E-state index contributed by atoms with van der Waals surface area (Å²) < 4.78 is 0. The number of nitrogens with zero attached hydrogens (tertiary/aromatic N) is 2. The number of carbonyl (C=O) groups excluding carboxylic acids is 1. The Morgan fingerprint density at radius 2 is 1.68 bits per heavy atom. The molecule has 3 rings (SSSR count). The molecule has 0 aliphatic carbocycles. The van der Waals surface area contributed by atoms with Gasteiger partial charge in [-0.15, -0.1) is 24.8 Å². The van der Waals surface area contributed by atoms with Gasteiger partial charge in [-0.1, -0.05) is 13.3 Å². The van der Waals surface area contributed by atoms with Crippen LogP contribution in [0.5, 0.6) is 0 Å². The number of hydrogen-bond acceptors (Lipinski definition) is 3. The molecule has 0 saturated carbocycles. The van der Waals surface area contributed by atoms with Crippen molar-refractivity contribution in [2.45, 2.75) is 64.3 Å². The van der Waals surface area contributed by atoms with E-state index in [1.54, 1.807) is 0 Å². The third-order valence-electron chi connectivity index (χ3n) is 6.30. The molecule has 3 heterocycles. The molecule has 0 radical (unpaired) electrons. The molecule has 3 aliphatic heterocycles. The Balaban J connectivity index is 0.00000156. The fraction of sp³-hybridized carbons (Fsp3) is 0.947. The molecule has 1 N–H and O–H groups in total. The van der Waals surface area contributed by atoms with Gasteiger partial charge in [-0.25, -0.2) is 0 Å². The van der Waals surface area contributed by atoms with Gasteiger partial charge in [0.25, 0.3) is 0 Å². The molecule has 0 spiro atoms. The molecule has 3 fully saturated rings. The van der Waals surface area contributed by atoms with E-state index < -0.39 is 0 Å². The second kappa shape index (κ2) is 11.6. The highest BCUT2D eigenvalue weighted by Gasteiger charge is 2.32. The molecule has 148 valence electrons. The average molecular weight is 394 g/mol. The van der Waals surface area contributed by atoms with E-state index in [1.165, 1.54) is 58.0 Å². The van der Waals surface area contributed by atoms with Gasteiger partial charge in [0.15, 0.2) is 0 Å². The fourth-order valence-electron chi connectivity index (χ4n) is 4.77. The first kappa shape index (κ1) is 23.0. The number of likely N-dealkylation sites (tertiary alicyclic amines) is 2. The maximum atomic E-state index is 12.8. The van der Waals surface area contributed by atoms with E-state index in [1.807, 2.05) is 0 Å². The van der Waals surface area contributed by atoms with Crippen LogP contribution in [0.2, 0.25) is 0 Å². The van der Waals surface area contributed by atoms with Crippen LogP contribution in [-0.4, -0.2) is 61.0 Å². The summed E-state index contributed by atoms with van der Waals surface area (Å²) in [6.07, 6.45) is 9.73. The van der Waals surface area contributed by atoms with E-state index in [0.717, 1.165) is 38.5 Å². The van der Waals surface area contributed by atoms with Crippen molar-refractivity contribution in [3.8, 4) is 0 Å². The molecule has 1 amide bonds. The van der Waals surface area contributed by atoms with Gasteiger partial charge in [-0.05, 0) is 76.5 Å². The topological polar surface area (TPSA) is 35.6 Å². The number of carbonyl (C=O) groups is 1. The number of nitrogens with one attached hydrogen (secondary N) is 1. The quantitative estimate of drug-likeness (QED) is 0.777. The standard InChI is InChI=1S/C19H35N3O.2ClH/c1-16(17-7-9-20-10-8-17)14-19(23)22-13-5-6-18(22)15-21-11-3-2-4-12-21;;/h16-18,20H,2-15H2,1H3;2*1H. The first-order valence-electron chi connectivity index (χ1n) is 9.96. The Morgan fingerprint density at radius 1 is 1.00 bits per heavy atom. The molecular weight excluding hydrogens is 357 g/mol. The van der Waals surface area contributed by atoms with E-state index >= 15 is 0 Å². The molecule has 2 unspecified atom stereocenters. The minimum atomic E-state index is 0. The maximum absolute atomic E-state index is 12.8. The second-order valence-corrected chi connectivity index (χ2v) is 8.01. The molecule has 4 nitrogen and oxygen atoms in total. The van der Waals surface area contributed by atoms with Crippen LogP contribution in [-0.2, 0) is 4.79 Å². The number of rotatable bonds is 5. The summed E-state index contributed by atoms with van der Waals surface area (Å²) in [5.74, 6) is 1.71. The van der Waals surface area contributed by atoms with E-state index in [4.69, 9.17) is 0 Å². The predicted octanol–water partition coefficient (Wildman–Crippen LogP) is 3.33. The van der Waals surface area contributed by atoms with Crippen molar-refractivity contribution in [2.24, 2.45) is 11.8 Å². The van der Waals surface area contributed by atoms with Crippen LogP contribution in [0.1, 0.15) is 58.3 Å². The van der Waals surface area contributed by atoms with Crippen molar-refractivity contribution in [3.05, 3.63) is 0 Å². The Hall–Kier alpha value is -0.0300. The molecule has 6 heteroatoms. The van der Waals surface area contributed by atoms with Crippen LogP contribution in [0.15, 0.2) is 0 Å². The number of amides is 1. The summed E-state index contributed by atoms with van der Waals surface area (Å²) in [5, 5.41) is 3.43. The summed E-state index contributed by atoms with van der Waals surface area (Å²) in [6.45, 7) is 9.15. The summed E-state index contributed by atoms with van der Waals surface area (Å²) in [4.78, 5) is 17.7. The van der Waals surface area contributed by atoms with Crippen molar-refractivity contribution >= 4 is 30.7 Å². The number of piperidine rings is 2. The van der Waals surface area contributed by atoms with Crippen molar-refractivity contribution in [3.63, 3.8) is 0 Å². The van der Waals surface area contributed by atoms with Gasteiger partial charge in [0.2, 0.25) is 5.91 Å². The van der Waals surface area contributed by atoms with Crippen molar-refractivity contribution in [2.75, 3.05) is 39.3 Å². The molecule has 0 aromatic rings. The lowest BCUT2D eigenvalue weighted by Crippen LogP contribution is -2.45. The third-order valence-corrected chi connectivity index (χ3v) is 6.30. The number of halogens is 2. The van der Waals surface area contributed by atoms with Crippen LogP contribution in [0.25, 0.3) is 0 Å². The lowest BCUT2D eigenvalue weighted by molar-refractivity contribution is -0.133. The molecule has 0 aromatic carbocycles. The fourth-order valence-corrected chi connectivity index (χ4v) is 4.77. The lowest BCUT2D eigenvalue weighted by atomic mass is 9.84. The Kier molecular flexibility index (Phi) is 10.7. The van der Waals surface area contributed by atoms with Gasteiger partial charge in [0.1, 0.15) is 0 Å². The molecule has 25 heavy (non-hydrogen) atoms. The molecule has 0 bridgehead atoms. The number of hydrogen-bond donors (Lipinski definition) is 1. The molecule has 0 aromatic heterocycles. The zero-order valence-electron chi connectivity index (χ0n) is 15.8. The van der Waals surface area contributed by atoms with Gasteiger partial charge < -0.3 is 15.1 Å². The zero-order chi connectivity index (χ0) is 16.1. The highest BCUT2D eigenvalue weighted by atomic mass is 35.5. The smallest absolute Gasteiger partial charge is 0.223 e. The van der Waals surface area contributed by atoms with Crippen LogP contribution in [0.3, 0.4) is 0 Å². The van der Waals surface area contributed by atoms with Crippen LogP contribution in [0.4, 0.5) is 0 Å². The highest BCUT2D eigenvalue weighted by molar-refractivity contribution is 5.85. The van der Waals surface area contributed by atoms with E-state index in [0.29, 0.717) is 17.9 Å². The second-order valence-electron chi connectivity index (χ2n) is 8.01. The van der Waals surface area contributed by atoms with Crippen LogP contribution < -0.4 is 5.32 Å². The summed E-state index contributed by atoms with van der Waals surface area (Å²) in [5.41, 5.74) is 0. The summed E-state index contributed by atoms with van der Waals surface area (Å²) >= 11 is 0. The zero-order valence-corrected chi connectivity index (χ0v) is 17.4. The third kappa shape index (κ3) is 6.57. The molecular formula is C19H37Cl2N3O. The highest BCUT2D eigenvalue weighted by Crippen LogP contribution is 2.27. The van der Waals surface area contributed by atoms with Crippen LogP contribution >= 0.6 is 24.8 Å². The summed E-state index contributed by atoms with van der Waals surface area (Å²) in [7, 11) is 0. The first-order chi connectivity index (χ1) is 11.2. The van der Waals surface area contributed by atoms with Crippen molar-refractivity contribution < 1.29 is 4.79 Å². The lowest BCUT2D eigenvalue weighted by Gasteiger charge is -2.34. The normalized spacial score (nSPS) is 26.6. The molecule has 2 atom stereocenters. The monoisotopic (exact) mass is 393 g/mol. The van der Waals surface area contributed by atoms with Gasteiger partial charge in [0.05, 0.1) is 0 Å². The van der Waals surface area contributed by atoms with Crippen molar-refractivity contribution in [1.29, 1.82) is 0 Å². The largest absolute Gasteiger partial charge is 0.338 e. The minimum absolute atomic E-state index is 0. The average Bonchev–Trinajstić information content (AvgIpc) is 3.05. The maximum Gasteiger partial charge on any atom is 0.223 e. The minimum Gasteiger partial charge on any atom is -0.338 e. The van der Waals surface area contributed by atoms with E-state index in [-0.39, 0.29) is 24.8 Å². The Labute approximate surface area is 166 Å². The first-order valence-corrected chi connectivity index (χ1v) is 9.96. The molecule has 3 saturated heterocycles. The van der Waals surface area contributed by atoms with Crippen LogP contribution in [0, 0.1) is 11.8 Å². The van der Waals surface area contributed by atoms with Gasteiger partial charge in [0, 0.05) is 25.6 Å². The Morgan fingerprint density at radius 3 is 2.36 bits per heavy atom. The SMILES string of the molecule is CC(CC(=O)N1CCCC1CN1CCCCC1)C1CCNCC1.Cl.Cl. The van der Waals surface area contributed by atoms with Gasteiger partial charge >= 0.3 is 0 Å².